The molecular weight excluding hydrogens is 388 g/mol. The van der Waals surface area contributed by atoms with E-state index in [0.717, 1.165) is 10.6 Å². The number of hydrogen-bond acceptors (Lipinski definition) is 6. The minimum Gasteiger partial charge on any atom is -0.456 e. The molecule has 0 saturated carbocycles. The average Bonchev–Trinajstić information content (AvgIpc) is 3.20. The predicted molar refractivity (Wildman–Crippen MR) is 114 cm³/mol. The quantitative estimate of drug-likeness (QED) is 0.220. The van der Waals surface area contributed by atoms with Gasteiger partial charge in [0.05, 0.1) is 16.2 Å². The van der Waals surface area contributed by atoms with Crippen molar-refractivity contribution in [1.29, 1.82) is 0 Å². The van der Waals surface area contributed by atoms with Crippen LogP contribution in [0.25, 0.3) is 16.6 Å². The lowest BCUT2D eigenvalue weighted by Crippen LogP contribution is -2.01. The molecule has 0 amide bonds. The van der Waals surface area contributed by atoms with Crippen LogP contribution in [0.4, 0.5) is 5.69 Å². The third kappa shape index (κ3) is 5.36. The molecule has 148 valence electrons. The Labute approximate surface area is 172 Å². The van der Waals surface area contributed by atoms with Crippen molar-refractivity contribution >= 4 is 29.1 Å². The summed E-state index contributed by atoms with van der Waals surface area (Å²) in [5.74, 6) is -0.111. The number of benzene rings is 2. The summed E-state index contributed by atoms with van der Waals surface area (Å²) in [7, 11) is 0. The second kappa shape index (κ2) is 9.25. The van der Waals surface area contributed by atoms with E-state index >= 15 is 0 Å². The fourth-order valence-corrected chi connectivity index (χ4v) is 3.47. The zero-order valence-corrected chi connectivity index (χ0v) is 16.9. The standard InChI is InChI=1S/C22H20N2O4S/c1-15(2)16-7-9-18(10-8-16)22-23-19(14-29-22)13-28-21(25)12-11-17-5-3-4-6-20(17)24(26)27/h3-12,14-15H,13H2,1-2H3/b12-11+. The molecular formula is C22H20N2O4S. The van der Waals surface area contributed by atoms with Crippen LogP contribution >= 0.6 is 11.3 Å². The first-order chi connectivity index (χ1) is 13.9. The molecule has 0 spiro atoms. The van der Waals surface area contributed by atoms with E-state index in [1.807, 2.05) is 17.5 Å². The molecule has 0 unspecified atom stereocenters. The molecule has 0 fully saturated rings. The van der Waals surface area contributed by atoms with Gasteiger partial charge >= 0.3 is 5.97 Å². The Morgan fingerprint density at radius 2 is 1.93 bits per heavy atom. The number of carbonyl (C=O) groups excluding carboxylic acids is 1. The van der Waals surface area contributed by atoms with E-state index in [1.54, 1.807) is 18.2 Å². The minimum atomic E-state index is -0.584. The van der Waals surface area contributed by atoms with Crippen molar-refractivity contribution in [2.45, 2.75) is 26.4 Å². The van der Waals surface area contributed by atoms with Gasteiger partial charge in [-0.15, -0.1) is 11.3 Å². The minimum absolute atomic E-state index is 0.0423. The monoisotopic (exact) mass is 408 g/mol. The first-order valence-corrected chi connectivity index (χ1v) is 9.95. The van der Waals surface area contributed by atoms with Crippen molar-refractivity contribution in [2.24, 2.45) is 0 Å². The lowest BCUT2D eigenvalue weighted by atomic mass is 10.0. The molecule has 1 heterocycles. The smallest absolute Gasteiger partial charge is 0.331 e. The van der Waals surface area contributed by atoms with Gasteiger partial charge in [0, 0.05) is 23.1 Å². The Morgan fingerprint density at radius 3 is 2.62 bits per heavy atom. The molecule has 6 nitrogen and oxygen atoms in total. The van der Waals surface area contributed by atoms with Gasteiger partial charge in [0.25, 0.3) is 5.69 Å². The fourth-order valence-electron chi connectivity index (χ4n) is 2.66. The van der Waals surface area contributed by atoms with E-state index in [9.17, 15) is 14.9 Å². The summed E-state index contributed by atoms with van der Waals surface area (Å²) in [5.41, 5.74) is 3.22. The Hall–Kier alpha value is -3.32. The second-order valence-electron chi connectivity index (χ2n) is 6.68. The third-order valence-corrected chi connectivity index (χ3v) is 5.21. The van der Waals surface area contributed by atoms with Gasteiger partial charge in [-0.3, -0.25) is 10.1 Å². The Bertz CT molecular complexity index is 1040. The number of para-hydroxylation sites is 1. The number of rotatable bonds is 7. The maximum Gasteiger partial charge on any atom is 0.331 e. The highest BCUT2D eigenvalue weighted by atomic mass is 32.1. The van der Waals surface area contributed by atoms with E-state index in [4.69, 9.17) is 4.74 Å². The number of nitro benzene ring substituents is 1. The van der Waals surface area contributed by atoms with Gasteiger partial charge in [0.1, 0.15) is 11.6 Å². The average molecular weight is 408 g/mol. The lowest BCUT2D eigenvalue weighted by molar-refractivity contribution is -0.385. The highest BCUT2D eigenvalue weighted by Gasteiger charge is 2.11. The number of carbonyl (C=O) groups is 1. The van der Waals surface area contributed by atoms with Gasteiger partial charge in [-0.05, 0) is 23.6 Å². The molecule has 2 aromatic carbocycles. The predicted octanol–water partition coefficient (Wildman–Crippen LogP) is 5.60. The summed E-state index contributed by atoms with van der Waals surface area (Å²) in [6, 6.07) is 14.5. The van der Waals surface area contributed by atoms with Gasteiger partial charge < -0.3 is 4.74 Å². The number of hydrogen-bond donors (Lipinski definition) is 0. The number of nitro groups is 1. The van der Waals surface area contributed by atoms with Crippen molar-refractivity contribution in [2.75, 3.05) is 0 Å². The van der Waals surface area contributed by atoms with E-state index in [-0.39, 0.29) is 12.3 Å². The van der Waals surface area contributed by atoms with Gasteiger partial charge in [-0.1, -0.05) is 50.2 Å². The first kappa shape index (κ1) is 20.4. The highest BCUT2D eigenvalue weighted by Crippen LogP contribution is 2.26. The van der Waals surface area contributed by atoms with Gasteiger partial charge in [0.15, 0.2) is 0 Å². The Balaban J connectivity index is 1.59. The van der Waals surface area contributed by atoms with Crippen LogP contribution in [-0.2, 0) is 16.1 Å². The molecule has 0 atom stereocenters. The zero-order chi connectivity index (χ0) is 20.8. The van der Waals surface area contributed by atoms with Crippen LogP contribution in [0.5, 0.6) is 0 Å². The topological polar surface area (TPSA) is 82.3 Å². The van der Waals surface area contributed by atoms with E-state index in [1.165, 1.54) is 35.1 Å². The van der Waals surface area contributed by atoms with Crippen LogP contribution < -0.4 is 0 Å². The van der Waals surface area contributed by atoms with Crippen LogP contribution in [0, 0.1) is 10.1 Å². The Morgan fingerprint density at radius 1 is 1.21 bits per heavy atom. The number of aromatic nitrogens is 1. The molecule has 0 bridgehead atoms. The summed E-state index contributed by atoms with van der Waals surface area (Å²) in [5, 5.41) is 13.7. The van der Waals surface area contributed by atoms with Crippen molar-refractivity contribution in [3.8, 4) is 10.6 Å². The first-order valence-electron chi connectivity index (χ1n) is 9.07. The van der Waals surface area contributed by atoms with E-state index < -0.39 is 10.9 Å². The summed E-state index contributed by atoms with van der Waals surface area (Å²) in [6.45, 7) is 4.34. The lowest BCUT2D eigenvalue weighted by Gasteiger charge is -2.05. The number of nitrogens with zero attached hydrogens (tertiary/aromatic N) is 2. The van der Waals surface area contributed by atoms with E-state index in [0.29, 0.717) is 17.2 Å². The molecule has 0 N–H and O–H groups in total. The number of ether oxygens (including phenoxy) is 1. The number of esters is 1. The van der Waals surface area contributed by atoms with Crippen LogP contribution in [0.3, 0.4) is 0 Å². The van der Waals surface area contributed by atoms with Crippen LogP contribution in [-0.4, -0.2) is 15.9 Å². The summed E-state index contributed by atoms with van der Waals surface area (Å²) in [4.78, 5) is 27.0. The van der Waals surface area contributed by atoms with Crippen molar-refractivity contribution < 1.29 is 14.5 Å². The van der Waals surface area contributed by atoms with Crippen LogP contribution in [0.2, 0.25) is 0 Å². The van der Waals surface area contributed by atoms with Crippen LogP contribution in [0.15, 0.2) is 60.0 Å². The van der Waals surface area contributed by atoms with Gasteiger partial charge in [-0.25, -0.2) is 9.78 Å². The highest BCUT2D eigenvalue weighted by molar-refractivity contribution is 7.13. The molecule has 0 aliphatic carbocycles. The largest absolute Gasteiger partial charge is 0.456 e. The number of thiazole rings is 1. The molecule has 3 aromatic rings. The van der Waals surface area contributed by atoms with E-state index in [2.05, 4.69) is 31.0 Å². The molecule has 29 heavy (non-hydrogen) atoms. The summed E-state index contributed by atoms with van der Waals surface area (Å²) in [6.07, 6.45) is 2.56. The SMILES string of the molecule is CC(C)c1ccc(-c2nc(COC(=O)/C=C/c3ccccc3[N+](=O)[O-])cs2)cc1. The maximum atomic E-state index is 11.9. The molecule has 0 radical (unpaired) electrons. The molecule has 1 aromatic heterocycles. The Kier molecular flexibility index (Phi) is 6.51. The van der Waals surface area contributed by atoms with Crippen molar-refractivity contribution in [3.05, 3.63) is 86.9 Å². The molecule has 7 heteroatoms. The third-order valence-electron chi connectivity index (χ3n) is 4.27. The maximum absolute atomic E-state index is 11.9. The summed E-state index contributed by atoms with van der Waals surface area (Å²) >= 11 is 1.49. The van der Waals surface area contributed by atoms with Gasteiger partial charge in [0.2, 0.25) is 0 Å². The van der Waals surface area contributed by atoms with Crippen molar-refractivity contribution in [3.63, 3.8) is 0 Å². The summed E-state index contributed by atoms with van der Waals surface area (Å²) < 4.78 is 5.20. The molecule has 0 aliphatic heterocycles. The second-order valence-corrected chi connectivity index (χ2v) is 7.54. The fraction of sp³-hybridized carbons (Fsp3) is 0.182. The normalized spacial score (nSPS) is 11.1. The molecule has 0 saturated heterocycles. The van der Waals surface area contributed by atoms with Gasteiger partial charge in [-0.2, -0.15) is 0 Å². The van der Waals surface area contributed by atoms with Crippen molar-refractivity contribution in [1.82, 2.24) is 4.98 Å². The zero-order valence-electron chi connectivity index (χ0n) is 16.1. The van der Waals surface area contributed by atoms with Crippen LogP contribution in [0.1, 0.15) is 36.6 Å². The molecule has 0 aliphatic rings. The molecule has 3 rings (SSSR count).